The van der Waals surface area contributed by atoms with E-state index < -0.39 is 0 Å². The Morgan fingerprint density at radius 3 is 2.48 bits per heavy atom. The quantitative estimate of drug-likeness (QED) is 0.400. The van der Waals surface area contributed by atoms with E-state index in [1.165, 1.54) is 12.1 Å². The molecule has 0 aliphatic heterocycles. The van der Waals surface area contributed by atoms with Crippen LogP contribution in [0.5, 0.6) is 0 Å². The Morgan fingerprint density at radius 2 is 1.74 bits per heavy atom. The van der Waals surface area contributed by atoms with Crippen molar-refractivity contribution < 1.29 is 4.39 Å². The Kier molecular flexibility index (Phi) is 4.51. The van der Waals surface area contributed by atoms with Gasteiger partial charge in [0.1, 0.15) is 11.6 Å². The molecule has 0 aliphatic carbocycles. The number of halogens is 1. The first-order chi connectivity index (χ1) is 15.1. The van der Waals surface area contributed by atoms with E-state index in [1.54, 1.807) is 38.4 Å². The van der Waals surface area contributed by atoms with Gasteiger partial charge in [0.15, 0.2) is 5.82 Å². The maximum absolute atomic E-state index is 13.3. The number of hydrogen-bond acceptors (Lipinski definition) is 7. The smallest absolute Gasteiger partial charge is 0.242 e. The highest BCUT2D eigenvalue weighted by Gasteiger charge is 2.17. The first kappa shape index (κ1) is 18.7. The van der Waals surface area contributed by atoms with Gasteiger partial charge >= 0.3 is 0 Å². The molecule has 5 aromatic rings. The van der Waals surface area contributed by atoms with Gasteiger partial charge < -0.3 is 10.6 Å². The summed E-state index contributed by atoms with van der Waals surface area (Å²) in [4.78, 5) is 18.0. The molecule has 3 aromatic heterocycles. The van der Waals surface area contributed by atoms with Crippen molar-refractivity contribution in [3.8, 4) is 17.1 Å². The number of H-pyrrole nitrogens is 1. The number of rotatable bonds is 5. The van der Waals surface area contributed by atoms with Crippen LogP contribution in [0.1, 0.15) is 5.82 Å². The highest BCUT2D eigenvalue weighted by molar-refractivity contribution is 5.86. The largest absolute Gasteiger partial charge is 0.357 e. The molecule has 3 heterocycles. The van der Waals surface area contributed by atoms with E-state index in [4.69, 9.17) is 4.98 Å². The predicted octanol–water partition coefficient (Wildman–Crippen LogP) is 3.83. The molecular formula is C21H18FN9. The van der Waals surface area contributed by atoms with Gasteiger partial charge in [-0.3, -0.25) is 5.10 Å². The number of hydrogen-bond donors (Lipinski definition) is 3. The molecule has 0 fully saturated rings. The molecule has 0 unspecified atom stereocenters. The van der Waals surface area contributed by atoms with Crippen molar-refractivity contribution in [3.63, 3.8) is 0 Å². The van der Waals surface area contributed by atoms with Crippen LogP contribution in [0.3, 0.4) is 0 Å². The van der Waals surface area contributed by atoms with Crippen molar-refractivity contribution in [1.29, 1.82) is 0 Å². The Balaban J connectivity index is 1.69. The third kappa shape index (κ3) is 3.54. The molecule has 0 radical (unpaired) electrons. The van der Waals surface area contributed by atoms with Gasteiger partial charge in [0.2, 0.25) is 17.8 Å². The molecule has 0 bridgehead atoms. The number of nitrogens with zero attached hydrogens (tertiary/aromatic N) is 6. The fourth-order valence-corrected chi connectivity index (χ4v) is 3.31. The fourth-order valence-electron chi connectivity index (χ4n) is 3.31. The maximum Gasteiger partial charge on any atom is 0.242 e. The number of imidazole rings is 1. The summed E-state index contributed by atoms with van der Waals surface area (Å²) in [7, 11) is 1.75. The van der Waals surface area contributed by atoms with Gasteiger partial charge in [0.25, 0.3) is 0 Å². The zero-order chi connectivity index (χ0) is 21.4. The minimum atomic E-state index is -0.273. The van der Waals surface area contributed by atoms with Gasteiger partial charge in [0, 0.05) is 19.3 Å². The molecule has 0 atom stereocenters. The molecule has 0 saturated carbocycles. The van der Waals surface area contributed by atoms with Gasteiger partial charge in [0.05, 0.1) is 11.0 Å². The molecule has 5 rings (SSSR count). The van der Waals surface area contributed by atoms with Crippen molar-refractivity contribution in [2.24, 2.45) is 0 Å². The zero-order valence-electron chi connectivity index (χ0n) is 16.8. The second-order valence-corrected chi connectivity index (χ2v) is 6.82. The fraction of sp³-hybridized carbons (Fsp3) is 0.0952. The van der Waals surface area contributed by atoms with E-state index in [-0.39, 0.29) is 5.82 Å². The molecule has 0 amide bonds. The molecule has 154 valence electrons. The summed E-state index contributed by atoms with van der Waals surface area (Å²) in [5, 5.41) is 13.1. The number of benzene rings is 2. The molecule has 10 heteroatoms. The second kappa shape index (κ2) is 7.48. The average Bonchev–Trinajstić information content (AvgIpc) is 3.40. The summed E-state index contributed by atoms with van der Waals surface area (Å²) in [5.74, 6) is 2.29. The lowest BCUT2D eigenvalue weighted by atomic mass is 10.1. The van der Waals surface area contributed by atoms with E-state index in [1.807, 2.05) is 22.8 Å². The van der Waals surface area contributed by atoms with Crippen LogP contribution in [0.2, 0.25) is 0 Å². The molecule has 3 N–H and O–H groups in total. The summed E-state index contributed by atoms with van der Waals surface area (Å²) in [6, 6.07) is 14.0. The highest BCUT2D eigenvalue weighted by atomic mass is 19.1. The molecular weight excluding hydrogens is 397 g/mol. The van der Waals surface area contributed by atoms with E-state index in [2.05, 4.69) is 35.8 Å². The number of aromatic nitrogens is 7. The number of aromatic amines is 1. The van der Waals surface area contributed by atoms with Crippen molar-refractivity contribution in [2.45, 2.75) is 6.92 Å². The number of fused-ring (bicyclic) bond motifs is 1. The van der Waals surface area contributed by atoms with Crippen LogP contribution in [-0.2, 0) is 0 Å². The van der Waals surface area contributed by atoms with Gasteiger partial charge in [-0.15, -0.1) is 0 Å². The number of aryl methyl sites for hydroxylation is 1. The molecule has 31 heavy (non-hydrogen) atoms. The molecule has 0 saturated heterocycles. The highest BCUT2D eigenvalue weighted by Crippen LogP contribution is 2.29. The summed E-state index contributed by atoms with van der Waals surface area (Å²) in [6.45, 7) is 1.80. The van der Waals surface area contributed by atoms with E-state index in [0.29, 0.717) is 29.5 Å². The predicted molar refractivity (Wildman–Crippen MR) is 116 cm³/mol. The van der Waals surface area contributed by atoms with Crippen LogP contribution < -0.4 is 10.6 Å². The topological polar surface area (TPSA) is 109 Å². The van der Waals surface area contributed by atoms with Crippen molar-refractivity contribution in [1.82, 2.24) is 34.7 Å². The minimum absolute atomic E-state index is 0.273. The maximum atomic E-state index is 13.3. The van der Waals surface area contributed by atoms with Crippen LogP contribution in [-0.4, -0.2) is 41.7 Å². The Bertz CT molecular complexity index is 1360. The van der Waals surface area contributed by atoms with E-state index >= 15 is 0 Å². The van der Waals surface area contributed by atoms with E-state index in [9.17, 15) is 4.39 Å². The Labute approximate surface area is 176 Å². The number of nitrogens with one attached hydrogen (secondary N) is 3. The van der Waals surface area contributed by atoms with Crippen molar-refractivity contribution >= 4 is 28.7 Å². The van der Waals surface area contributed by atoms with Crippen molar-refractivity contribution in [2.75, 3.05) is 17.7 Å². The van der Waals surface area contributed by atoms with Gasteiger partial charge in [-0.05, 0) is 42.3 Å². The Morgan fingerprint density at radius 1 is 0.935 bits per heavy atom. The average molecular weight is 415 g/mol. The summed E-state index contributed by atoms with van der Waals surface area (Å²) >= 11 is 0. The standard InChI is InChI=1S/C21H18FN9/c1-12-25-19(23-2)29-20(26-12)31-17-8-5-14(13-3-6-15(22)7-4-13)11-16(17)27-21(31)28-18-9-10-24-30-18/h3-11H,1-2H3,(H,23,25,26,29)(H2,24,27,28,30). The normalized spacial score (nSPS) is 11.1. The van der Waals surface area contributed by atoms with Crippen LogP contribution in [0, 0.1) is 12.7 Å². The van der Waals surface area contributed by atoms with Crippen LogP contribution in [0.25, 0.3) is 28.1 Å². The van der Waals surface area contributed by atoms with E-state index in [0.717, 1.165) is 22.2 Å². The first-order valence-electron chi connectivity index (χ1n) is 9.57. The molecule has 0 spiro atoms. The lowest BCUT2D eigenvalue weighted by Gasteiger charge is -2.10. The van der Waals surface area contributed by atoms with Gasteiger partial charge in [-0.1, -0.05) is 18.2 Å². The summed E-state index contributed by atoms with van der Waals surface area (Å²) in [5.41, 5.74) is 3.35. The van der Waals surface area contributed by atoms with Crippen LogP contribution in [0.4, 0.5) is 22.1 Å². The molecule has 9 nitrogen and oxygen atoms in total. The summed E-state index contributed by atoms with van der Waals surface area (Å²) < 4.78 is 15.1. The molecule has 0 aliphatic rings. The first-order valence-corrected chi connectivity index (χ1v) is 9.57. The van der Waals surface area contributed by atoms with Gasteiger partial charge in [-0.2, -0.15) is 20.1 Å². The third-order valence-electron chi connectivity index (χ3n) is 4.73. The van der Waals surface area contributed by atoms with Crippen LogP contribution in [0.15, 0.2) is 54.7 Å². The van der Waals surface area contributed by atoms with Gasteiger partial charge in [-0.25, -0.2) is 13.9 Å². The summed E-state index contributed by atoms with van der Waals surface area (Å²) in [6.07, 6.45) is 1.72. The monoisotopic (exact) mass is 415 g/mol. The van der Waals surface area contributed by atoms with Crippen molar-refractivity contribution in [3.05, 3.63) is 66.4 Å². The third-order valence-corrected chi connectivity index (χ3v) is 4.73. The zero-order valence-corrected chi connectivity index (χ0v) is 16.8. The SMILES string of the molecule is CNc1nc(C)nc(-n2c(Nc3cc[nH]n3)nc3cc(-c4ccc(F)cc4)ccc32)n1. The Hall–Kier alpha value is -4.34. The lowest BCUT2D eigenvalue weighted by Crippen LogP contribution is -2.10. The lowest BCUT2D eigenvalue weighted by molar-refractivity contribution is 0.628. The van der Waals surface area contributed by atoms with Crippen LogP contribution >= 0.6 is 0 Å². The second-order valence-electron chi connectivity index (χ2n) is 6.82. The number of anilines is 3. The minimum Gasteiger partial charge on any atom is -0.357 e. The molecule has 2 aromatic carbocycles.